The predicted molar refractivity (Wildman–Crippen MR) is 83.6 cm³/mol. The van der Waals surface area contributed by atoms with Crippen molar-refractivity contribution in [3.05, 3.63) is 35.1 Å². The Labute approximate surface area is 134 Å². The highest BCUT2D eigenvalue weighted by atomic mass is 35.5. The van der Waals surface area contributed by atoms with Crippen molar-refractivity contribution >= 4 is 11.6 Å². The van der Waals surface area contributed by atoms with Crippen molar-refractivity contribution in [1.29, 1.82) is 0 Å². The van der Waals surface area contributed by atoms with Crippen LogP contribution in [0.15, 0.2) is 24.4 Å². The Hall–Kier alpha value is -1.63. The first-order valence-corrected chi connectivity index (χ1v) is 7.62. The van der Waals surface area contributed by atoms with Crippen molar-refractivity contribution in [1.82, 2.24) is 19.9 Å². The van der Waals surface area contributed by atoms with Gasteiger partial charge in [0.25, 0.3) is 0 Å². The summed E-state index contributed by atoms with van der Waals surface area (Å²) in [6.45, 7) is 5.35. The summed E-state index contributed by atoms with van der Waals surface area (Å²) in [4.78, 5) is 2.34. The molecular weight excluding hydrogens is 304 g/mol. The number of nitrogens with zero attached hydrogens (tertiary/aromatic N) is 4. The summed E-state index contributed by atoms with van der Waals surface area (Å²) < 4.78 is 12.4. The van der Waals surface area contributed by atoms with Crippen LogP contribution < -0.4 is 4.74 Å². The van der Waals surface area contributed by atoms with Crippen molar-refractivity contribution in [2.75, 3.05) is 26.9 Å². The Morgan fingerprint density at radius 2 is 2.32 bits per heavy atom. The number of rotatable bonds is 4. The first kappa shape index (κ1) is 15.3. The molecule has 1 fully saturated rings. The average molecular weight is 323 g/mol. The monoisotopic (exact) mass is 322 g/mol. The summed E-state index contributed by atoms with van der Waals surface area (Å²) in [6.07, 6.45) is 1.91. The van der Waals surface area contributed by atoms with Gasteiger partial charge in [-0.15, -0.1) is 5.10 Å². The van der Waals surface area contributed by atoms with Gasteiger partial charge in [-0.3, -0.25) is 4.90 Å². The Bertz CT molecular complexity index is 646. The molecule has 2 heterocycles. The molecule has 1 aromatic heterocycles. The van der Waals surface area contributed by atoms with E-state index in [1.54, 1.807) is 17.9 Å². The molecule has 1 saturated heterocycles. The normalized spacial score (nSPS) is 19.3. The van der Waals surface area contributed by atoms with Crippen LogP contribution in [0, 0.1) is 0 Å². The van der Waals surface area contributed by atoms with Gasteiger partial charge < -0.3 is 9.47 Å². The van der Waals surface area contributed by atoms with Gasteiger partial charge in [0.2, 0.25) is 0 Å². The lowest BCUT2D eigenvalue weighted by Crippen LogP contribution is -2.42. The topological polar surface area (TPSA) is 52.4 Å². The molecule has 1 aliphatic rings. The fourth-order valence-corrected chi connectivity index (χ4v) is 2.69. The maximum Gasteiger partial charge on any atom is 0.121 e. The molecule has 118 valence electrons. The fourth-order valence-electron chi connectivity index (χ4n) is 2.49. The van der Waals surface area contributed by atoms with E-state index in [4.69, 9.17) is 21.1 Å². The van der Waals surface area contributed by atoms with E-state index >= 15 is 0 Å². The van der Waals surface area contributed by atoms with E-state index in [9.17, 15) is 0 Å². The summed E-state index contributed by atoms with van der Waals surface area (Å²) >= 11 is 6.24. The fraction of sp³-hybridized carbons (Fsp3) is 0.467. The zero-order valence-corrected chi connectivity index (χ0v) is 13.5. The second kappa shape index (κ2) is 6.64. The number of ether oxygens (including phenoxy) is 2. The van der Waals surface area contributed by atoms with E-state index in [0.29, 0.717) is 11.1 Å². The molecule has 1 aliphatic heterocycles. The first-order valence-electron chi connectivity index (χ1n) is 7.24. The van der Waals surface area contributed by atoms with E-state index in [1.807, 2.05) is 18.3 Å². The molecule has 1 atom stereocenters. The van der Waals surface area contributed by atoms with Crippen LogP contribution in [0.1, 0.15) is 12.6 Å². The molecule has 0 radical (unpaired) electrons. The van der Waals surface area contributed by atoms with Gasteiger partial charge in [-0.2, -0.15) is 0 Å². The van der Waals surface area contributed by atoms with Crippen molar-refractivity contribution < 1.29 is 9.47 Å². The van der Waals surface area contributed by atoms with Crippen LogP contribution >= 0.6 is 11.6 Å². The standard InChI is InChI=1S/C15H19ClN4O2/c1-11-10-22-6-5-19(11)8-12-9-20(18-17-12)15-7-13(21-2)3-4-14(15)16/h3-4,7,9,11H,5-6,8,10H2,1-2H3/t11-/m1/s1. The number of hydrogen-bond donors (Lipinski definition) is 0. The predicted octanol–water partition coefficient (Wildman–Crippen LogP) is 2.15. The summed E-state index contributed by atoms with van der Waals surface area (Å²) in [7, 11) is 1.62. The molecule has 0 N–H and O–H groups in total. The lowest BCUT2D eigenvalue weighted by Gasteiger charge is -2.32. The zero-order chi connectivity index (χ0) is 15.5. The maximum absolute atomic E-state index is 6.24. The summed E-state index contributed by atoms with van der Waals surface area (Å²) in [5.41, 5.74) is 1.67. The highest BCUT2D eigenvalue weighted by Gasteiger charge is 2.20. The summed E-state index contributed by atoms with van der Waals surface area (Å²) in [5.74, 6) is 0.734. The molecule has 2 aromatic rings. The lowest BCUT2D eigenvalue weighted by atomic mass is 10.2. The highest BCUT2D eigenvalue weighted by molar-refractivity contribution is 6.32. The number of methoxy groups -OCH3 is 1. The molecule has 3 rings (SSSR count). The number of morpholine rings is 1. The summed E-state index contributed by atoms with van der Waals surface area (Å²) in [6, 6.07) is 5.84. The average Bonchev–Trinajstić information content (AvgIpc) is 2.98. The lowest BCUT2D eigenvalue weighted by molar-refractivity contribution is -0.00492. The van der Waals surface area contributed by atoms with Gasteiger partial charge in [-0.05, 0) is 19.1 Å². The molecule has 0 saturated carbocycles. The van der Waals surface area contributed by atoms with Crippen LogP contribution in [0.3, 0.4) is 0 Å². The Balaban J connectivity index is 1.78. The highest BCUT2D eigenvalue weighted by Crippen LogP contribution is 2.25. The second-order valence-electron chi connectivity index (χ2n) is 5.37. The minimum atomic E-state index is 0.388. The number of hydrogen-bond acceptors (Lipinski definition) is 5. The van der Waals surface area contributed by atoms with Crippen molar-refractivity contribution in [3.8, 4) is 11.4 Å². The number of benzene rings is 1. The van der Waals surface area contributed by atoms with Gasteiger partial charge in [-0.1, -0.05) is 16.8 Å². The third-order valence-electron chi connectivity index (χ3n) is 3.81. The molecule has 0 aliphatic carbocycles. The van der Waals surface area contributed by atoms with E-state index in [-0.39, 0.29) is 0 Å². The minimum absolute atomic E-state index is 0.388. The van der Waals surface area contributed by atoms with E-state index in [0.717, 1.165) is 43.4 Å². The minimum Gasteiger partial charge on any atom is -0.497 e. The Morgan fingerprint density at radius 3 is 3.09 bits per heavy atom. The smallest absolute Gasteiger partial charge is 0.121 e. The first-order chi connectivity index (χ1) is 10.7. The molecule has 0 amide bonds. The summed E-state index contributed by atoms with van der Waals surface area (Å²) in [5, 5.41) is 9.04. The van der Waals surface area contributed by atoms with Crippen LogP contribution in [0.4, 0.5) is 0 Å². The van der Waals surface area contributed by atoms with Gasteiger partial charge in [0, 0.05) is 25.2 Å². The molecular formula is C15H19ClN4O2. The zero-order valence-electron chi connectivity index (χ0n) is 12.7. The Morgan fingerprint density at radius 1 is 1.45 bits per heavy atom. The molecule has 0 unspecified atom stereocenters. The molecule has 22 heavy (non-hydrogen) atoms. The molecule has 0 spiro atoms. The molecule has 6 nitrogen and oxygen atoms in total. The number of halogens is 1. The number of aromatic nitrogens is 3. The van der Waals surface area contributed by atoms with E-state index < -0.39 is 0 Å². The Kier molecular flexibility index (Phi) is 4.61. The SMILES string of the molecule is COc1ccc(Cl)c(-n2cc(CN3CCOC[C@H]3C)nn2)c1. The van der Waals surface area contributed by atoms with Crippen LogP contribution in [-0.2, 0) is 11.3 Å². The quantitative estimate of drug-likeness (QED) is 0.863. The second-order valence-corrected chi connectivity index (χ2v) is 5.77. The van der Waals surface area contributed by atoms with Crippen LogP contribution in [0.25, 0.3) is 5.69 Å². The third-order valence-corrected chi connectivity index (χ3v) is 4.13. The maximum atomic E-state index is 6.24. The van der Waals surface area contributed by atoms with Crippen molar-refractivity contribution in [3.63, 3.8) is 0 Å². The third kappa shape index (κ3) is 3.24. The molecule has 0 bridgehead atoms. The van der Waals surface area contributed by atoms with E-state index in [1.165, 1.54) is 0 Å². The van der Waals surface area contributed by atoms with Crippen LogP contribution in [0.2, 0.25) is 5.02 Å². The van der Waals surface area contributed by atoms with Crippen LogP contribution in [0.5, 0.6) is 5.75 Å². The van der Waals surface area contributed by atoms with Crippen molar-refractivity contribution in [2.24, 2.45) is 0 Å². The van der Waals surface area contributed by atoms with Crippen LogP contribution in [-0.4, -0.2) is 52.8 Å². The van der Waals surface area contributed by atoms with Gasteiger partial charge in [0.05, 0.1) is 42.9 Å². The van der Waals surface area contributed by atoms with Crippen molar-refractivity contribution in [2.45, 2.75) is 19.5 Å². The molecule has 1 aromatic carbocycles. The van der Waals surface area contributed by atoms with Gasteiger partial charge in [0.15, 0.2) is 0 Å². The largest absolute Gasteiger partial charge is 0.497 e. The van der Waals surface area contributed by atoms with E-state index in [2.05, 4.69) is 22.1 Å². The van der Waals surface area contributed by atoms with Gasteiger partial charge >= 0.3 is 0 Å². The van der Waals surface area contributed by atoms with Gasteiger partial charge in [0.1, 0.15) is 5.75 Å². The molecule has 7 heteroatoms. The van der Waals surface area contributed by atoms with Gasteiger partial charge in [-0.25, -0.2) is 4.68 Å².